The highest BCUT2D eigenvalue weighted by Crippen LogP contribution is 2.38. The van der Waals surface area contributed by atoms with Crippen molar-refractivity contribution in [2.75, 3.05) is 5.75 Å². The van der Waals surface area contributed by atoms with Gasteiger partial charge in [0.25, 0.3) is 11.5 Å². The molecule has 0 radical (unpaired) electrons. The summed E-state index contributed by atoms with van der Waals surface area (Å²) in [7, 11) is 0. The van der Waals surface area contributed by atoms with E-state index >= 15 is 0 Å². The number of aryl methyl sites for hydroxylation is 3. The summed E-state index contributed by atoms with van der Waals surface area (Å²) >= 11 is 9.01. The van der Waals surface area contributed by atoms with Crippen LogP contribution in [0.2, 0.25) is 5.02 Å². The molecule has 0 unspecified atom stereocenters. The van der Waals surface area contributed by atoms with E-state index < -0.39 is 0 Å². The predicted molar refractivity (Wildman–Crippen MR) is 178 cm³/mol. The molecule has 0 N–H and O–H groups in total. The number of furan rings is 1. The molecule has 7 rings (SSSR count). The van der Waals surface area contributed by atoms with Gasteiger partial charge in [-0.1, -0.05) is 54.6 Å². The Balaban J connectivity index is 1.27. The number of halogens is 1. The minimum Gasteiger partial charge on any atom is -0.467 e. The molecule has 1 aliphatic heterocycles. The maximum Gasteiger partial charge on any atom is 0.267 e. The van der Waals surface area contributed by atoms with E-state index in [0.29, 0.717) is 28.3 Å². The van der Waals surface area contributed by atoms with Gasteiger partial charge in [0.2, 0.25) is 0 Å². The number of carbonyl (C=O) groups excluding carboxylic acids is 1. The number of hydrazone groups is 1. The number of carbonyl (C=O) groups is 1. The van der Waals surface area contributed by atoms with Crippen molar-refractivity contribution in [1.29, 1.82) is 0 Å². The monoisotopic (exact) mass is 642 g/mol. The molecule has 0 fully saturated rings. The third kappa shape index (κ3) is 5.31. The lowest BCUT2D eigenvalue weighted by Crippen LogP contribution is -2.29. The maximum atomic E-state index is 14.3. The van der Waals surface area contributed by atoms with Gasteiger partial charge in [0.05, 0.1) is 28.8 Å². The molecule has 3 aromatic heterocycles. The van der Waals surface area contributed by atoms with Crippen molar-refractivity contribution >= 4 is 56.5 Å². The van der Waals surface area contributed by atoms with E-state index in [2.05, 4.69) is 6.92 Å². The topological polar surface area (TPSA) is 80.7 Å². The predicted octanol–water partition coefficient (Wildman–Crippen LogP) is 7.91. The van der Waals surface area contributed by atoms with Gasteiger partial charge in [-0.15, -0.1) is 11.3 Å². The van der Waals surface area contributed by atoms with Crippen LogP contribution in [0.3, 0.4) is 0 Å². The van der Waals surface area contributed by atoms with E-state index in [1.807, 2.05) is 68.4 Å². The molecule has 0 saturated carbocycles. The zero-order chi connectivity index (χ0) is 30.5. The van der Waals surface area contributed by atoms with Crippen LogP contribution in [0.15, 0.2) is 80.3 Å². The molecule has 224 valence electrons. The lowest BCUT2D eigenvalue weighted by Gasteiger charge is -2.20. The number of hydrogen-bond donors (Lipinski definition) is 0. The summed E-state index contributed by atoms with van der Waals surface area (Å²) in [4.78, 5) is 35.3. The SMILES string of the molecule is Cc1ccc(C)c(-n2c(SCC(=O)N3N=C(c4ccc(Cl)cc4)C[C@H]3c3ccco3)nc3sc4c(c3c2=O)CC[C@@H](C)C4)c1. The summed E-state index contributed by atoms with van der Waals surface area (Å²) in [6.07, 6.45) is 5.05. The highest BCUT2D eigenvalue weighted by Gasteiger charge is 2.35. The van der Waals surface area contributed by atoms with E-state index in [9.17, 15) is 9.59 Å². The van der Waals surface area contributed by atoms with Crippen LogP contribution in [-0.2, 0) is 17.6 Å². The molecule has 10 heteroatoms. The van der Waals surface area contributed by atoms with Crippen LogP contribution in [0.1, 0.15) is 58.7 Å². The first kappa shape index (κ1) is 29.1. The van der Waals surface area contributed by atoms with Crippen LogP contribution < -0.4 is 5.56 Å². The van der Waals surface area contributed by atoms with Gasteiger partial charge < -0.3 is 4.42 Å². The Kier molecular flexibility index (Phi) is 7.72. The third-order valence-electron chi connectivity index (χ3n) is 8.44. The Morgan fingerprint density at radius 2 is 1.95 bits per heavy atom. The summed E-state index contributed by atoms with van der Waals surface area (Å²) in [6, 6.07) is 16.9. The third-order valence-corrected chi connectivity index (χ3v) is 10.8. The Morgan fingerprint density at radius 1 is 1.14 bits per heavy atom. The lowest BCUT2D eigenvalue weighted by molar-refractivity contribution is -0.130. The average Bonchev–Trinajstić information content (AvgIpc) is 3.76. The number of rotatable bonds is 6. The van der Waals surface area contributed by atoms with Gasteiger partial charge in [-0.3, -0.25) is 14.2 Å². The van der Waals surface area contributed by atoms with Crippen LogP contribution >= 0.6 is 34.7 Å². The molecule has 1 aliphatic carbocycles. The largest absolute Gasteiger partial charge is 0.467 e. The second-order valence-corrected chi connectivity index (χ2v) is 14.1. The number of aromatic nitrogens is 2. The van der Waals surface area contributed by atoms with Crippen LogP contribution in [0.25, 0.3) is 15.9 Å². The van der Waals surface area contributed by atoms with Gasteiger partial charge in [-0.2, -0.15) is 5.10 Å². The molecular formula is C34H31ClN4O3S2. The molecule has 4 heterocycles. The Bertz CT molecular complexity index is 1980. The smallest absolute Gasteiger partial charge is 0.267 e. The Morgan fingerprint density at radius 3 is 2.73 bits per heavy atom. The molecule has 0 saturated heterocycles. The minimum absolute atomic E-state index is 0.0551. The van der Waals surface area contributed by atoms with E-state index in [4.69, 9.17) is 26.1 Å². The second kappa shape index (κ2) is 11.7. The van der Waals surface area contributed by atoms with Crippen LogP contribution in [0.5, 0.6) is 0 Å². The highest BCUT2D eigenvalue weighted by molar-refractivity contribution is 7.99. The number of thioether (sulfide) groups is 1. The molecule has 0 bridgehead atoms. The van der Waals surface area contributed by atoms with Crippen molar-refractivity contribution in [3.05, 3.63) is 109 Å². The fourth-order valence-electron chi connectivity index (χ4n) is 6.09. The number of hydrogen-bond acceptors (Lipinski definition) is 7. The van der Waals surface area contributed by atoms with Gasteiger partial charge in [0.1, 0.15) is 16.6 Å². The molecule has 5 aromatic rings. The first-order valence-corrected chi connectivity index (χ1v) is 16.9. The molecular weight excluding hydrogens is 612 g/mol. The first-order chi connectivity index (χ1) is 21.3. The van der Waals surface area contributed by atoms with Crippen molar-refractivity contribution in [1.82, 2.24) is 14.6 Å². The van der Waals surface area contributed by atoms with Gasteiger partial charge in [-0.25, -0.2) is 9.99 Å². The molecule has 0 spiro atoms. The summed E-state index contributed by atoms with van der Waals surface area (Å²) in [5, 5.41) is 8.14. The van der Waals surface area contributed by atoms with Crippen molar-refractivity contribution in [2.45, 2.75) is 57.7 Å². The van der Waals surface area contributed by atoms with Gasteiger partial charge in [-0.05, 0) is 91.6 Å². The summed E-state index contributed by atoms with van der Waals surface area (Å²) in [5.74, 6) is 1.12. The second-order valence-electron chi connectivity index (χ2n) is 11.7. The van der Waals surface area contributed by atoms with Gasteiger partial charge >= 0.3 is 0 Å². The first-order valence-electron chi connectivity index (χ1n) is 14.7. The van der Waals surface area contributed by atoms with Gasteiger partial charge in [0.15, 0.2) is 5.16 Å². The zero-order valence-corrected chi connectivity index (χ0v) is 27.1. The van der Waals surface area contributed by atoms with E-state index in [-0.39, 0.29) is 23.3 Å². The summed E-state index contributed by atoms with van der Waals surface area (Å²) < 4.78 is 7.44. The van der Waals surface area contributed by atoms with Crippen molar-refractivity contribution in [3.8, 4) is 5.69 Å². The molecule has 2 aliphatic rings. The zero-order valence-electron chi connectivity index (χ0n) is 24.7. The molecule has 2 aromatic carbocycles. The van der Waals surface area contributed by atoms with E-state index in [1.165, 1.54) is 21.6 Å². The average molecular weight is 643 g/mol. The number of thiophene rings is 1. The Labute approximate surface area is 268 Å². The lowest BCUT2D eigenvalue weighted by atomic mass is 9.89. The quantitative estimate of drug-likeness (QED) is 0.139. The maximum absolute atomic E-state index is 14.3. The highest BCUT2D eigenvalue weighted by atomic mass is 35.5. The summed E-state index contributed by atoms with van der Waals surface area (Å²) in [5.41, 5.74) is 5.58. The number of fused-ring (bicyclic) bond motifs is 3. The molecule has 7 nitrogen and oxygen atoms in total. The van der Waals surface area contributed by atoms with Gasteiger partial charge in [0, 0.05) is 16.3 Å². The molecule has 44 heavy (non-hydrogen) atoms. The van der Waals surface area contributed by atoms with Crippen molar-refractivity contribution in [3.63, 3.8) is 0 Å². The van der Waals surface area contributed by atoms with Crippen LogP contribution in [0.4, 0.5) is 0 Å². The molecule has 2 atom stereocenters. The standard InChI is InChI=1S/C34H31ClN4O3S2/c1-19-6-8-21(3)26(15-19)38-33(41)31-24-13-7-20(2)16-29(24)44-32(31)36-34(38)43-18-30(40)39-27(28-5-4-14-42-28)17-25(37-39)22-9-11-23(35)12-10-22/h4-6,8-12,14-15,20,27H,7,13,16-18H2,1-3H3/t20-,27+/m1/s1. The van der Waals surface area contributed by atoms with E-state index in [1.54, 1.807) is 22.2 Å². The van der Waals surface area contributed by atoms with Crippen molar-refractivity contribution in [2.24, 2.45) is 11.0 Å². The van der Waals surface area contributed by atoms with E-state index in [0.717, 1.165) is 63.1 Å². The Hall–Kier alpha value is -3.66. The fraction of sp³-hybridized carbons (Fsp3) is 0.294. The number of benzene rings is 2. The minimum atomic E-state index is -0.369. The summed E-state index contributed by atoms with van der Waals surface area (Å²) in [6.45, 7) is 6.28. The fourth-order valence-corrected chi connectivity index (χ4v) is 8.50. The number of amides is 1. The molecule has 1 amide bonds. The van der Waals surface area contributed by atoms with Crippen LogP contribution in [-0.4, -0.2) is 31.9 Å². The number of nitrogens with zero attached hydrogens (tertiary/aromatic N) is 4. The van der Waals surface area contributed by atoms with Crippen molar-refractivity contribution < 1.29 is 9.21 Å². The van der Waals surface area contributed by atoms with Crippen LogP contribution in [0, 0.1) is 19.8 Å². The normalized spacial score (nSPS) is 18.1.